The Hall–Kier alpha value is -3.68. The predicted octanol–water partition coefficient (Wildman–Crippen LogP) is 4.11. The van der Waals surface area contributed by atoms with Crippen molar-refractivity contribution in [3.8, 4) is 11.8 Å². The van der Waals surface area contributed by atoms with E-state index >= 15 is 0 Å². The predicted molar refractivity (Wildman–Crippen MR) is 117 cm³/mol. The fourth-order valence-electron chi connectivity index (χ4n) is 2.99. The highest BCUT2D eigenvalue weighted by Gasteiger charge is 2.36. The average Bonchev–Trinajstić information content (AvgIpc) is 3.04. The third-order valence-corrected chi connectivity index (χ3v) is 4.58. The molecule has 4 nitrogen and oxygen atoms in total. The third kappa shape index (κ3) is 5.22. The lowest BCUT2D eigenvalue weighted by atomic mass is 9.92. The fourth-order valence-corrected chi connectivity index (χ4v) is 2.99. The van der Waals surface area contributed by atoms with Gasteiger partial charge in [-0.1, -0.05) is 60.4 Å². The standard InChI is InChI=1S/C26H22O4/c1-2-30-25(28)22-15-13-21(14-16-22)11-7-18-26(29)19-17-24(27)23(26)12-6-10-20-8-4-3-5-9-20/h3-6,8-10,12-17,19,29H,2,18H2,1H3/b10-6+,23-12-. The zero-order valence-electron chi connectivity index (χ0n) is 16.7. The van der Waals surface area contributed by atoms with Gasteiger partial charge >= 0.3 is 5.97 Å². The van der Waals surface area contributed by atoms with Crippen LogP contribution in [0.5, 0.6) is 0 Å². The molecule has 1 aliphatic carbocycles. The van der Waals surface area contributed by atoms with Crippen molar-refractivity contribution in [2.45, 2.75) is 18.9 Å². The number of carbonyl (C=O) groups excluding carboxylic acids is 2. The quantitative estimate of drug-likeness (QED) is 0.468. The lowest BCUT2D eigenvalue weighted by Crippen LogP contribution is -2.27. The zero-order chi connectivity index (χ0) is 21.4. The molecule has 0 radical (unpaired) electrons. The maximum atomic E-state index is 12.2. The zero-order valence-corrected chi connectivity index (χ0v) is 16.7. The Bertz CT molecular complexity index is 1060. The molecule has 30 heavy (non-hydrogen) atoms. The molecule has 1 N–H and O–H groups in total. The molecule has 0 aromatic heterocycles. The summed E-state index contributed by atoms with van der Waals surface area (Å²) < 4.78 is 4.95. The summed E-state index contributed by atoms with van der Waals surface area (Å²) in [5, 5.41) is 10.9. The molecule has 2 aromatic rings. The molecular formula is C26H22O4. The summed E-state index contributed by atoms with van der Waals surface area (Å²) in [5.41, 5.74) is 1.04. The third-order valence-electron chi connectivity index (χ3n) is 4.58. The second kappa shape index (κ2) is 9.69. The van der Waals surface area contributed by atoms with Crippen LogP contribution in [0.1, 0.15) is 34.8 Å². The van der Waals surface area contributed by atoms with Crippen molar-refractivity contribution in [1.82, 2.24) is 0 Å². The summed E-state index contributed by atoms with van der Waals surface area (Å²) in [7, 11) is 0. The van der Waals surface area contributed by atoms with E-state index in [4.69, 9.17) is 4.74 Å². The number of allylic oxidation sites excluding steroid dienone is 3. The van der Waals surface area contributed by atoms with Gasteiger partial charge in [0.1, 0.15) is 5.60 Å². The summed E-state index contributed by atoms with van der Waals surface area (Å²) in [6.07, 6.45) is 8.19. The van der Waals surface area contributed by atoms with E-state index in [1.807, 2.05) is 36.4 Å². The summed E-state index contributed by atoms with van der Waals surface area (Å²) >= 11 is 0. The minimum absolute atomic E-state index is 0.0832. The highest BCUT2D eigenvalue weighted by Crippen LogP contribution is 2.29. The van der Waals surface area contributed by atoms with Gasteiger partial charge in [0.2, 0.25) is 0 Å². The Morgan fingerprint density at radius 2 is 1.87 bits per heavy atom. The van der Waals surface area contributed by atoms with Crippen molar-refractivity contribution >= 4 is 17.8 Å². The van der Waals surface area contributed by atoms with Crippen LogP contribution in [0.25, 0.3) is 6.08 Å². The van der Waals surface area contributed by atoms with Gasteiger partial charge in [-0.2, -0.15) is 0 Å². The molecule has 1 aliphatic rings. The number of esters is 1. The van der Waals surface area contributed by atoms with Crippen LogP contribution in [-0.2, 0) is 9.53 Å². The molecule has 4 heteroatoms. The molecule has 1 unspecified atom stereocenters. The Balaban J connectivity index is 1.70. The van der Waals surface area contributed by atoms with E-state index in [0.717, 1.165) is 5.56 Å². The number of hydrogen-bond acceptors (Lipinski definition) is 4. The lowest BCUT2D eigenvalue weighted by Gasteiger charge is -2.19. The second-order valence-electron chi connectivity index (χ2n) is 6.75. The summed E-state index contributed by atoms with van der Waals surface area (Å²) in [6, 6.07) is 16.4. The Kier molecular flexibility index (Phi) is 6.79. The van der Waals surface area contributed by atoms with Crippen LogP contribution >= 0.6 is 0 Å². The number of ketones is 1. The van der Waals surface area contributed by atoms with Gasteiger partial charge in [0.25, 0.3) is 0 Å². The average molecular weight is 398 g/mol. The Morgan fingerprint density at radius 1 is 1.13 bits per heavy atom. The number of rotatable bonds is 5. The molecule has 0 saturated heterocycles. The first kappa shape index (κ1) is 21.0. The van der Waals surface area contributed by atoms with E-state index in [0.29, 0.717) is 23.3 Å². The Labute approximate surface area is 176 Å². The molecule has 0 heterocycles. The Morgan fingerprint density at radius 3 is 2.57 bits per heavy atom. The van der Waals surface area contributed by atoms with Crippen molar-refractivity contribution in [3.63, 3.8) is 0 Å². The summed E-state index contributed by atoms with van der Waals surface area (Å²) in [5.74, 6) is 5.29. The van der Waals surface area contributed by atoms with Crippen molar-refractivity contribution in [2.24, 2.45) is 0 Å². The first-order valence-electron chi connectivity index (χ1n) is 9.68. The number of aliphatic hydroxyl groups is 1. The van der Waals surface area contributed by atoms with Gasteiger partial charge in [-0.25, -0.2) is 4.79 Å². The minimum atomic E-state index is -1.42. The van der Waals surface area contributed by atoms with Crippen LogP contribution in [0.2, 0.25) is 0 Å². The van der Waals surface area contributed by atoms with Crippen molar-refractivity contribution in [3.05, 3.63) is 101 Å². The second-order valence-corrected chi connectivity index (χ2v) is 6.75. The maximum Gasteiger partial charge on any atom is 0.338 e. The van der Waals surface area contributed by atoms with Gasteiger partial charge in [0.15, 0.2) is 5.78 Å². The van der Waals surface area contributed by atoms with Crippen LogP contribution in [0.4, 0.5) is 0 Å². The van der Waals surface area contributed by atoms with E-state index in [1.165, 1.54) is 12.2 Å². The SMILES string of the molecule is CCOC(=O)c1ccc(C#CCC2(O)C=CC(=O)/C2=C/C=C/c2ccccc2)cc1. The molecule has 150 valence electrons. The van der Waals surface area contributed by atoms with Crippen molar-refractivity contribution in [1.29, 1.82) is 0 Å². The summed E-state index contributed by atoms with van der Waals surface area (Å²) in [4.78, 5) is 23.9. The molecule has 0 fully saturated rings. The van der Waals surface area contributed by atoms with E-state index in [1.54, 1.807) is 43.3 Å². The molecule has 2 aromatic carbocycles. The molecule has 0 aliphatic heterocycles. The first-order valence-corrected chi connectivity index (χ1v) is 9.68. The molecular weight excluding hydrogens is 376 g/mol. The van der Waals surface area contributed by atoms with Crippen LogP contribution in [-0.4, -0.2) is 29.1 Å². The molecule has 0 spiro atoms. The highest BCUT2D eigenvalue weighted by atomic mass is 16.5. The normalized spacial score (nSPS) is 19.1. The minimum Gasteiger partial charge on any atom is -0.462 e. The molecule has 0 amide bonds. The van der Waals surface area contributed by atoms with Crippen LogP contribution in [0.15, 0.2) is 84.5 Å². The molecule has 3 rings (SSSR count). The van der Waals surface area contributed by atoms with E-state index < -0.39 is 5.60 Å². The molecule has 1 atom stereocenters. The van der Waals surface area contributed by atoms with Crippen LogP contribution in [0.3, 0.4) is 0 Å². The fraction of sp³-hybridized carbons (Fsp3) is 0.154. The lowest BCUT2D eigenvalue weighted by molar-refractivity contribution is -0.112. The highest BCUT2D eigenvalue weighted by molar-refractivity contribution is 6.09. The largest absolute Gasteiger partial charge is 0.462 e. The van der Waals surface area contributed by atoms with E-state index in [9.17, 15) is 14.7 Å². The number of carbonyl (C=O) groups is 2. The monoisotopic (exact) mass is 398 g/mol. The van der Waals surface area contributed by atoms with E-state index in [2.05, 4.69) is 11.8 Å². The maximum absolute atomic E-state index is 12.2. The number of hydrogen-bond donors (Lipinski definition) is 1. The van der Waals surface area contributed by atoms with E-state index in [-0.39, 0.29) is 18.2 Å². The van der Waals surface area contributed by atoms with Crippen molar-refractivity contribution in [2.75, 3.05) is 6.61 Å². The smallest absolute Gasteiger partial charge is 0.338 e. The van der Waals surface area contributed by atoms with Gasteiger partial charge in [-0.05, 0) is 48.9 Å². The van der Waals surface area contributed by atoms with Gasteiger partial charge in [-0.15, -0.1) is 0 Å². The molecule has 0 bridgehead atoms. The van der Waals surface area contributed by atoms with Gasteiger partial charge in [0.05, 0.1) is 12.2 Å². The molecule has 0 saturated carbocycles. The van der Waals surface area contributed by atoms with Crippen molar-refractivity contribution < 1.29 is 19.4 Å². The van der Waals surface area contributed by atoms with Gasteiger partial charge < -0.3 is 9.84 Å². The topological polar surface area (TPSA) is 63.6 Å². The first-order chi connectivity index (χ1) is 14.5. The summed E-state index contributed by atoms with van der Waals surface area (Å²) in [6.45, 7) is 2.08. The van der Waals surface area contributed by atoms with Crippen LogP contribution in [0, 0.1) is 11.8 Å². The van der Waals surface area contributed by atoms with Crippen LogP contribution < -0.4 is 0 Å². The number of ether oxygens (including phenoxy) is 1. The number of benzene rings is 2. The van der Waals surface area contributed by atoms with Gasteiger partial charge in [0, 0.05) is 17.6 Å². The van der Waals surface area contributed by atoms with Gasteiger partial charge in [-0.3, -0.25) is 4.79 Å².